The van der Waals surface area contributed by atoms with Crippen molar-refractivity contribution in [3.05, 3.63) is 34.3 Å². The van der Waals surface area contributed by atoms with Gasteiger partial charge in [0.15, 0.2) is 12.4 Å². The van der Waals surface area contributed by atoms with Crippen molar-refractivity contribution in [2.45, 2.75) is 25.8 Å². The molecular weight excluding hydrogens is 380 g/mol. The van der Waals surface area contributed by atoms with Crippen LogP contribution in [-0.4, -0.2) is 47.3 Å². The maximum Gasteiger partial charge on any atom is 0.325 e. The molecule has 0 unspecified atom stereocenters. The molecule has 0 atom stereocenters. The molecule has 0 aromatic heterocycles. The number of ether oxygens (including phenoxy) is 1. The Morgan fingerprint density at radius 2 is 1.83 bits per heavy atom. The number of carbonyl (C=O) groups excluding carboxylic acids is 4. The smallest absolute Gasteiger partial charge is 0.325 e. The molecular formula is C16H17BrN2O5. The number of hydrogen-bond donors (Lipinski definition) is 1. The third-order valence-electron chi connectivity index (χ3n) is 3.51. The van der Waals surface area contributed by atoms with E-state index in [-0.39, 0.29) is 25.4 Å². The van der Waals surface area contributed by atoms with Crippen molar-refractivity contribution in [3.8, 4) is 0 Å². The van der Waals surface area contributed by atoms with Crippen molar-refractivity contribution in [3.63, 3.8) is 0 Å². The van der Waals surface area contributed by atoms with E-state index in [2.05, 4.69) is 21.2 Å². The summed E-state index contributed by atoms with van der Waals surface area (Å²) in [5.41, 5.74) is -0.541. The number of rotatable bonds is 6. The van der Waals surface area contributed by atoms with E-state index < -0.39 is 23.4 Å². The minimum Gasteiger partial charge on any atom is -0.457 e. The number of urea groups is 1. The van der Waals surface area contributed by atoms with Gasteiger partial charge in [-0.3, -0.25) is 19.3 Å². The number of Topliss-reactive ketones (excluding diaryl/α,β-unsaturated/α-hetero) is 1. The number of nitrogens with one attached hydrogen (secondary N) is 1. The molecule has 2 rings (SSSR count). The summed E-state index contributed by atoms with van der Waals surface area (Å²) in [6.07, 6.45) is -0.164. The lowest BCUT2D eigenvalue weighted by Crippen LogP contribution is -2.40. The molecule has 1 fully saturated rings. The SMILES string of the molecule is CC1(C)NC(=O)N(CCC(=O)OCC(=O)c2ccc(Br)cc2)C1=O. The van der Waals surface area contributed by atoms with E-state index in [9.17, 15) is 19.2 Å². The molecule has 1 aromatic rings. The van der Waals surface area contributed by atoms with Crippen LogP contribution in [0, 0.1) is 0 Å². The molecule has 0 bridgehead atoms. The molecule has 1 aliphatic heterocycles. The van der Waals surface area contributed by atoms with Crippen molar-refractivity contribution in [2.24, 2.45) is 0 Å². The van der Waals surface area contributed by atoms with Gasteiger partial charge in [-0.2, -0.15) is 0 Å². The quantitative estimate of drug-likeness (QED) is 0.450. The first kappa shape index (κ1) is 18.1. The number of halogens is 1. The summed E-state index contributed by atoms with van der Waals surface area (Å²) < 4.78 is 5.74. The van der Waals surface area contributed by atoms with E-state index in [1.165, 1.54) is 0 Å². The molecule has 1 aliphatic rings. The Labute approximate surface area is 147 Å². The number of ketones is 1. The van der Waals surface area contributed by atoms with Crippen molar-refractivity contribution in [1.29, 1.82) is 0 Å². The first-order valence-corrected chi connectivity index (χ1v) is 8.08. The average molecular weight is 397 g/mol. The summed E-state index contributed by atoms with van der Waals surface area (Å²) in [5, 5.41) is 2.52. The van der Waals surface area contributed by atoms with Gasteiger partial charge in [0.2, 0.25) is 0 Å². The van der Waals surface area contributed by atoms with Gasteiger partial charge in [-0.1, -0.05) is 28.1 Å². The number of hydrogen-bond acceptors (Lipinski definition) is 5. The Bertz CT molecular complexity index is 684. The average Bonchev–Trinajstić information content (AvgIpc) is 2.71. The largest absolute Gasteiger partial charge is 0.457 e. The number of imide groups is 1. The Kier molecular flexibility index (Phi) is 5.38. The van der Waals surface area contributed by atoms with Crippen LogP contribution in [0.1, 0.15) is 30.6 Å². The summed E-state index contributed by atoms with van der Waals surface area (Å²) in [6, 6.07) is 6.14. The summed E-state index contributed by atoms with van der Waals surface area (Å²) >= 11 is 3.27. The number of amides is 3. The zero-order chi connectivity index (χ0) is 17.9. The van der Waals surface area contributed by atoms with Crippen LogP contribution in [0.15, 0.2) is 28.7 Å². The van der Waals surface area contributed by atoms with Gasteiger partial charge in [0.1, 0.15) is 5.54 Å². The van der Waals surface area contributed by atoms with Gasteiger partial charge in [-0.25, -0.2) is 4.79 Å². The van der Waals surface area contributed by atoms with Crippen molar-refractivity contribution in [2.75, 3.05) is 13.2 Å². The summed E-state index contributed by atoms with van der Waals surface area (Å²) in [7, 11) is 0. The molecule has 8 heteroatoms. The van der Waals surface area contributed by atoms with Crippen LogP contribution in [0.2, 0.25) is 0 Å². The van der Waals surface area contributed by atoms with E-state index in [1.54, 1.807) is 38.1 Å². The van der Waals surface area contributed by atoms with Gasteiger partial charge in [0.25, 0.3) is 5.91 Å². The van der Waals surface area contributed by atoms with Gasteiger partial charge in [-0.15, -0.1) is 0 Å². The number of benzene rings is 1. The lowest BCUT2D eigenvalue weighted by molar-refractivity contribution is -0.143. The maximum absolute atomic E-state index is 12.0. The highest BCUT2D eigenvalue weighted by Gasteiger charge is 2.44. The Morgan fingerprint density at radius 1 is 1.21 bits per heavy atom. The zero-order valence-electron chi connectivity index (χ0n) is 13.3. The Hall–Kier alpha value is -2.22. The number of esters is 1. The minimum absolute atomic E-state index is 0.0839. The standard InChI is InChI=1S/C16H17BrN2O5/c1-16(2)14(22)19(15(23)18-16)8-7-13(21)24-9-12(20)10-3-5-11(17)6-4-10/h3-6H,7-9H2,1-2H3,(H,18,23). The van der Waals surface area contributed by atoms with Gasteiger partial charge in [-0.05, 0) is 26.0 Å². The molecule has 24 heavy (non-hydrogen) atoms. The van der Waals surface area contributed by atoms with Crippen molar-refractivity contribution >= 4 is 39.6 Å². The molecule has 1 heterocycles. The molecule has 1 saturated heterocycles. The summed E-state index contributed by atoms with van der Waals surface area (Å²) in [5.74, 6) is -1.37. The van der Waals surface area contributed by atoms with Crippen molar-refractivity contribution < 1.29 is 23.9 Å². The van der Waals surface area contributed by atoms with E-state index in [4.69, 9.17) is 4.74 Å². The van der Waals surface area contributed by atoms with Crippen LogP contribution in [0.5, 0.6) is 0 Å². The topological polar surface area (TPSA) is 92.8 Å². The fourth-order valence-corrected chi connectivity index (χ4v) is 2.43. The van der Waals surface area contributed by atoms with Gasteiger partial charge in [0.05, 0.1) is 6.42 Å². The maximum atomic E-state index is 12.0. The number of carbonyl (C=O) groups is 4. The fraction of sp³-hybridized carbons (Fsp3) is 0.375. The summed E-state index contributed by atoms with van der Waals surface area (Å²) in [6.45, 7) is 2.70. The summed E-state index contributed by atoms with van der Waals surface area (Å²) in [4.78, 5) is 48.2. The van der Waals surface area contributed by atoms with Crippen LogP contribution >= 0.6 is 15.9 Å². The highest BCUT2D eigenvalue weighted by molar-refractivity contribution is 9.10. The normalized spacial score (nSPS) is 16.0. The molecule has 1 aromatic carbocycles. The Morgan fingerprint density at radius 3 is 2.38 bits per heavy atom. The van der Waals surface area contributed by atoms with Crippen molar-refractivity contribution in [1.82, 2.24) is 10.2 Å². The monoisotopic (exact) mass is 396 g/mol. The molecule has 3 amide bonds. The van der Waals surface area contributed by atoms with E-state index in [0.717, 1.165) is 9.37 Å². The van der Waals surface area contributed by atoms with Crippen LogP contribution in [0.25, 0.3) is 0 Å². The first-order valence-electron chi connectivity index (χ1n) is 7.29. The van der Waals surface area contributed by atoms with Gasteiger partial charge >= 0.3 is 12.0 Å². The predicted molar refractivity (Wildman–Crippen MR) is 88.4 cm³/mol. The molecule has 128 valence electrons. The van der Waals surface area contributed by atoms with E-state index in [0.29, 0.717) is 5.56 Å². The highest BCUT2D eigenvalue weighted by atomic mass is 79.9. The number of nitrogens with zero attached hydrogens (tertiary/aromatic N) is 1. The molecule has 0 spiro atoms. The fourth-order valence-electron chi connectivity index (χ4n) is 2.16. The third-order valence-corrected chi connectivity index (χ3v) is 4.04. The predicted octanol–water partition coefficient (Wildman–Crippen LogP) is 1.90. The minimum atomic E-state index is -0.974. The molecule has 0 saturated carbocycles. The third kappa shape index (κ3) is 4.19. The first-order chi connectivity index (χ1) is 11.2. The second-order valence-electron chi connectivity index (χ2n) is 5.85. The second-order valence-corrected chi connectivity index (χ2v) is 6.77. The second kappa shape index (κ2) is 7.12. The molecule has 0 radical (unpaired) electrons. The lowest BCUT2D eigenvalue weighted by atomic mass is 10.1. The van der Waals surface area contributed by atoms with Crippen LogP contribution < -0.4 is 5.32 Å². The van der Waals surface area contributed by atoms with Crippen LogP contribution in [-0.2, 0) is 14.3 Å². The lowest BCUT2D eigenvalue weighted by Gasteiger charge is -2.15. The highest BCUT2D eigenvalue weighted by Crippen LogP contribution is 2.16. The molecule has 7 nitrogen and oxygen atoms in total. The van der Waals surface area contributed by atoms with Gasteiger partial charge < -0.3 is 10.1 Å². The zero-order valence-corrected chi connectivity index (χ0v) is 14.9. The van der Waals surface area contributed by atoms with E-state index >= 15 is 0 Å². The van der Waals surface area contributed by atoms with E-state index in [1.807, 2.05) is 0 Å². The molecule has 1 N–H and O–H groups in total. The van der Waals surface area contributed by atoms with Gasteiger partial charge in [0, 0.05) is 16.6 Å². The van der Waals surface area contributed by atoms with Crippen LogP contribution in [0.3, 0.4) is 0 Å². The Balaban J connectivity index is 1.80. The molecule has 0 aliphatic carbocycles. The van der Waals surface area contributed by atoms with Crippen LogP contribution in [0.4, 0.5) is 4.79 Å².